The SMILES string of the molecule is CC(C)N1CCC(Oc2cc3c(s2)CN(C(=O)c2ccc(F)cc2)CC3)CC1. The molecule has 2 aliphatic rings. The van der Waals surface area contributed by atoms with E-state index >= 15 is 0 Å². The largest absolute Gasteiger partial charge is 0.481 e. The molecule has 0 radical (unpaired) electrons. The predicted octanol–water partition coefficient (Wildman–Crippen LogP) is 4.34. The maximum absolute atomic E-state index is 13.1. The van der Waals surface area contributed by atoms with Crippen molar-refractivity contribution in [2.24, 2.45) is 0 Å². The molecule has 0 spiro atoms. The topological polar surface area (TPSA) is 32.8 Å². The molecule has 0 aliphatic carbocycles. The van der Waals surface area contributed by atoms with Gasteiger partial charge in [-0.3, -0.25) is 4.79 Å². The number of carbonyl (C=O) groups is 1. The van der Waals surface area contributed by atoms with Gasteiger partial charge in [0.1, 0.15) is 11.9 Å². The molecule has 4 nitrogen and oxygen atoms in total. The number of rotatable bonds is 4. The number of piperidine rings is 1. The van der Waals surface area contributed by atoms with Crippen molar-refractivity contribution < 1.29 is 13.9 Å². The Bertz CT molecular complexity index is 826. The molecule has 6 heteroatoms. The molecule has 1 aromatic carbocycles. The lowest BCUT2D eigenvalue weighted by atomic mass is 10.1. The highest BCUT2D eigenvalue weighted by atomic mass is 32.1. The van der Waals surface area contributed by atoms with E-state index in [0.717, 1.165) is 37.4 Å². The highest BCUT2D eigenvalue weighted by Crippen LogP contribution is 2.35. The zero-order valence-corrected chi connectivity index (χ0v) is 17.3. The minimum Gasteiger partial charge on any atom is -0.481 e. The van der Waals surface area contributed by atoms with E-state index < -0.39 is 0 Å². The van der Waals surface area contributed by atoms with Crippen LogP contribution in [0.15, 0.2) is 30.3 Å². The van der Waals surface area contributed by atoms with E-state index in [1.807, 2.05) is 4.90 Å². The van der Waals surface area contributed by atoms with Crippen LogP contribution in [0, 0.1) is 5.82 Å². The number of hydrogen-bond acceptors (Lipinski definition) is 4. The lowest BCUT2D eigenvalue weighted by molar-refractivity contribution is 0.0737. The summed E-state index contributed by atoms with van der Waals surface area (Å²) in [6.45, 7) is 7.96. The fraction of sp³-hybridized carbons (Fsp3) is 0.500. The van der Waals surface area contributed by atoms with Crippen LogP contribution in [0.25, 0.3) is 0 Å². The van der Waals surface area contributed by atoms with E-state index in [1.54, 1.807) is 23.5 Å². The highest BCUT2D eigenvalue weighted by molar-refractivity contribution is 7.14. The maximum Gasteiger partial charge on any atom is 0.254 e. The monoisotopic (exact) mass is 402 g/mol. The molecule has 28 heavy (non-hydrogen) atoms. The van der Waals surface area contributed by atoms with Crippen molar-refractivity contribution in [2.45, 2.75) is 51.8 Å². The summed E-state index contributed by atoms with van der Waals surface area (Å²) in [5.41, 5.74) is 1.83. The molecule has 0 atom stereocenters. The molecule has 0 N–H and O–H groups in total. The summed E-state index contributed by atoms with van der Waals surface area (Å²) in [5.74, 6) is -0.362. The van der Waals surface area contributed by atoms with E-state index in [9.17, 15) is 9.18 Å². The third-order valence-corrected chi connectivity index (χ3v) is 6.78. The summed E-state index contributed by atoms with van der Waals surface area (Å²) < 4.78 is 19.4. The van der Waals surface area contributed by atoms with Crippen LogP contribution in [-0.2, 0) is 13.0 Å². The molecule has 4 rings (SSSR count). The van der Waals surface area contributed by atoms with Gasteiger partial charge in [0, 0.05) is 36.1 Å². The Hall–Kier alpha value is -1.92. The summed E-state index contributed by atoms with van der Waals surface area (Å²) in [5, 5.41) is 0.976. The van der Waals surface area contributed by atoms with E-state index in [1.165, 1.54) is 22.6 Å². The smallest absolute Gasteiger partial charge is 0.254 e. The van der Waals surface area contributed by atoms with Crippen LogP contribution >= 0.6 is 11.3 Å². The summed E-state index contributed by atoms with van der Waals surface area (Å²) in [6.07, 6.45) is 3.26. The first-order valence-electron chi connectivity index (χ1n) is 10.1. The van der Waals surface area contributed by atoms with Crippen molar-refractivity contribution in [1.82, 2.24) is 9.80 Å². The van der Waals surface area contributed by atoms with E-state index in [4.69, 9.17) is 4.74 Å². The van der Waals surface area contributed by atoms with Crippen LogP contribution in [-0.4, -0.2) is 47.5 Å². The Morgan fingerprint density at radius 2 is 1.89 bits per heavy atom. The average molecular weight is 403 g/mol. The normalized spacial score (nSPS) is 18.4. The van der Waals surface area contributed by atoms with Crippen LogP contribution in [0.1, 0.15) is 47.5 Å². The van der Waals surface area contributed by atoms with Crippen LogP contribution in [0.3, 0.4) is 0 Å². The van der Waals surface area contributed by atoms with Gasteiger partial charge in [-0.25, -0.2) is 4.39 Å². The number of nitrogens with zero attached hydrogens (tertiary/aromatic N) is 2. The summed E-state index contributed by atoms with van der Waals surface area (Å²) in [6, 6.07) is 8.54. The van der Waals surface area contributed by atoms with Crippen LogP contribution < -0.4 is 4.74 Å². The molecule has 1 aromatic heterocycles. The molecule has 2 aliphatic heterocycles. The maximum atomic E-state index is 13.1. The Morgan fingerprint density at radius 3 is 2.57 bits per heavy atom. The van der Waals surface area contributed by atoms with Crippen molar-refractivity contribution in [1.29, 1.82) is 0 Å². The lowest BCUT2D eigenvalue weighted by Crippen LogP contribution is -2.41. The number of hydrogen-bond donors (Lipinski definition) is 0. The fourth-order valence-corrected chi connectivity index (χ4v) is 5.11. The van der Waals surface area contributed by atoms with Gasteiger partial charge in [0.05, 0.1) is 6.54 Å². The number of amides is 1. The summed E-state index contributed by atoms with van der Waals surface area (Å²) in [7, 11) is 0. The molecular weight excluding hydrogens is 375 g/mol. The van der Waals surface area contributed by atoms with Gasteiger partial charge in [-0.05, 0) is 69.0 Å². The Balaban J connectivity index is 1.37. The van der Waals surface area contributed by atoms with Crippen molar-refractivity contribution >= 4 is 17.2 Å². The second-order valence-corrected chi connectivity index (χ2v) is 9.04. The third kappa shape index (κ3) is 4.23. The van der Waals surface area contributed by atoms with E-state index in [0.29, 0.717) is 24.7 Å². The quantitative estimate of drug-likeness (QED) is 0.763. The van der Waals surface area contributed by atoms with Crippen molar-refractivity contribution in [2.75, 3.05) is 19.6 Å². The number of ether oxygens (including phenoxy) is 1. The van der Waals surface area contributed by atoms with Gasteiger partial charge in [-0.1, -0.05) is 0 Å². The molecule has 150 valence electrons. The molecule has 0 saturated carbocycles. The first-order chi connectivity index (χ1) is 13.5. The average Bonchev–Trinajstić information content (AvgIpc) is 3.09. The zero-order valence-electron chi connectivity index (χ0n) is 16.5. The Labute approximate surface area is 169 Å². The van der Waals surface area contributed by atoms with Crippen molar-refractivity contribution in [3.63, 3.8) is 0 Å². The van der Waals surface area contributed by atoms with Gasteiger partial charge in [0.2, 0.25) is 0 Å². The number of halogens is 1. The number of fused-ring (bicyclic) bond motifs is 1. The number of benzene rings is 1. The third-order valence-electron chi connectivity index (χ3n) is 5.73. The summed E-state index contributed by atoms with van der Waals surface area (Å²) >= 11 is 1.67. The summed E-state index contributed by atoms with van der Waals surface area (Å²) in [4.78, 5) is 18.2. The minimum absolute atomic E-state index is 0.0393. The van der Waals surface area contributed by atoms with Crippen molar-refractivity contribution in [3.8, 4) is 5.06 Å². The van der Waals surface area contributed by atoms with Crippen LogP contribution in [0.2, 0.25) is 0 Å². The van der Waals surface area contributed by atoms with Gasteiger partial charge >= 0.3 is 0 Å². The van der Waals surface area contributed by atoms with Gasteiger partial charge in [-0.15, -0.1) is 11.3 Å². The first-order valence-corrected chi connectivity index (χ1v) is 10.9. The Kier molecular flexibility index (Phi) is 5.69. The van der Waals surface area contributed by atoms with Gasteiger partial charge in [0.15, 0.2) is 5.06 Å². The number of carbonyl (C=O) groups excluding carboxylic acids is 1. The second kappa shape index (κ2) is 8.21. The molecule has 2 aromatic rings. The Morgan fingerprint density at radius 1 is 1.18 bits per heavy atom. The van der Waals surface area contributed by atoms with Crippen LogP contribution in [0.5, 0.6) is 5.06 Å². The van der Waals surface area contributed by atoms with E-state index in [-0.39, 0.29) is 17.8 Å². The predicted molar refractivity (Wildman–Crippen MR) is 110 cm³/mol. The molecule has 1 amide bonds. The second-order valence-electron chi connectivity index (χ2n) is 7.94. The molecule has 1 fully saturated rings. The standard InChI is InChI=1S/C22H27FN2O2S/c1-15(2)24-11-8-19(9-12-24)27-21-13-17-7-10-25(14-20(17)28-21)22(26)16-3-5-18(23)6-4-16/h3-6,13,15,19H,7-12,14H2,1-2H3. The molecular formula is C22H27FN2O2S. The number of likely N-dealkylation sites (tertiary alicyclic amines) is 1. The van der Waals surface area contributed by atoms with E-state index in [2.05, 4.69) is 24.8 Å². The number of thiophene rings is 1. The molecule has 3 heterocycles. The van der Waals surface area contributed by atoms with Gasteiger partial charge in [-0.2, -0.15) is 0 Å². The van der Waals surface area contributed by atoms with Crippen LogP contribution in [0.4, 0.5) is 4.39 Å². The van der Waals surface area contributed by atoms with Gasteiger partial charge in [0.25, 0.3) is 5.91 Å². The molecule has 1 saturated heterocycles. The lowest BCUT2D eigenvalue weighted by Gasteiger charge is -2.34. The zero-order chi connectivity index (χ0) is 19.7. The highest BCUT2D eigenvalue weighted by Gasteiger charge is 2.26. The van der Waals surface area contributed by atoms with Gasteiger partial charge < -0.3 is 14.5 Å². The molecule has 0 unspecified atom stereocenters. The minimum atomic E-state index is -0.322. The first kappa shape index (κ1) is 19.4. The van der Waals surface area contributed by atoms with Crippen molar-refractivity contribution in [3.05, 3.63) is 52.2 Å². The molecule has 0 bridgehead atoms. The fourth-order valence-electron chi connectivity index (χ4n) is 3.97.